The van der Waals surface area contributed by atoms with Crippen LogP contribution in [0.15, 0.2) is 11.1 Å². The lowest BCUT2D eigenvalue weighted by atomic mass is 10.1. The molecule has 1 aliphatic heterocycles. The lowest BCUT2D eigenvalue weighted by Crippen LogP contribution is -2.49. The van der Waals surface area contributed by atoms with Gasteiger partial charge >= 0.3 is 5.69 Å². The number of ether oxygens (including phenoxy) is 1. The molecule has 0 aromatic carbocycles. The fourth-order valence-electron chi connectivity index (χ4n) is 3.01. The van der Waals surface area contributed by atoms with Crippen molar-refractivity contribution in [1.82, 2.24) is 14.5 Å². The van der Waals surface area contributed by atoms with Crippen molar-refractivity contribution in [3.63, 3.8) is 0 Å². The van der Waals surface area contributed by atoms with Crippen LogP contribution >= 0.6 is 0 Å². The van der Waals surface area contributed by atoms with Crippen LogP contribution in [0.3, 0.4) is 0 Å². The summed E-state index contributed by atoms with van der Waals surface area (Å²) >= 11 is 0. The van der Waals surface area contributed by atoms with Gasteiger partial charge in [0.25, 0.3) is 0 Å². The van der Waals surface area contributed by atoms with Gasteiger partial charge in [-0.1, -0.05) is 0 Å². The molecular weight excluding hydrogens is 424 g/mol. The predicted octanol–water partition coefficient (Wildman–Crippen LogP) is 2.41. The summed E-state index contributed by atoms with van der Waals surface area (Å²) in [6.45, 7) is 19.4. The van der Waals surface area contributed by atoms with E-state index in [1.807, 2.05) is 0 Å². The summed E-state index contributed by atoms with van der Waals surface area (Å²) in [5, 5.41) is 0. The molecule has 2 heterocycles. The van der Waals surface area contributed by atoms with E-state index in [4.69, 9.17) is 23.7 Å². The number of hydrogen-bond acceptors (Lipinski definition) is 8. The average molecular weight is 461 g/mol. The zero-order valence-electron chi connectivity index (χ0n) is 19.1. The first-order valence-electron chi connectivity index (χ1n) is 9.91. The quantitative estimate of drug-likeness (QED) is 0.589. The van der Waals surface area contributed by atoms with Gasteiger partial charge < -0.3 is 23.7 Å². The zero-order valence-corrected chi connectivity index (χ0v) is 22.1. The molecule has 29 heavy (non-hydrogen) atoms. The monoisotopic (exact) mass is 460 g/mol. The van der Waals surface area contributed by atoms with Gasteiger partial charge in [-0.3, -0.25) is 4.57 Å². The third-order valence-corrected chi connectivity index (χ3v) is 6.96. The Hall–Kier alpha value is -0.899. The van der Waals surface area contributed by atoms with Crippen LogP contribution in [0.2, 0.25) is 58.9 Å². The minimum absolute atomic E-state index is 0.0690. The molecule has 4 atom stereocenters. The van der Waals surface area contributed by atoms with Gasteiger partial charge in [0.1, 0.15) is 24.6 Å². The highest BCUT2D eigenvalue weighted by Crippen LogP contribution is 2.36. The van der Waals surface area contributed by atoms with E-state index in [1.54, 1.807) is 0 Å². The minimum atomic E-state index is -1.99. The summed E-state index contributed by atoms with van der Waals surface area (Å²) < 4.78 is 26.8. The summed E-state index contributed by atoms with van der Waals surface area (Å²) in [6.07, 6.45) is -0.508. The van der Waals surface area contributed by atoms with Gasteiger partial charge in [-0.25, -0.2) is 9.78 Å². The summed E-state index contributed by atoms with van der Waals surface area (Å²) in [4.78, 5) is 20.2. The Kier molecular flexibility index (Phi) is 7.30. The van der Waals surface area contributed by atoms with Gasteiger partial charge in [0.15, 0.2) is 31.2 Å². The number of nitrogens with zero attached hydrogens (tertiary/aromatic N) is 3. The Bertz CT molecular complexity index is 757. The van der Waals surface area contributed by atoms with Crippen molar-refractivity contribution >= 4 is 30.9 Å². The van der Waals surface area contributed by atoms with Crippen LogP contribution in [0.25, 0.3) is 0 Å². The molecular formula is C17H36N4O5Si3. The first kappa shape index (κ1) is 24.4. The smallest absolute Gasteiger partial charge is 0.354 e. The molecule has 2 rings (SSSR count). The highest BCUT2D eigenvalue weighted by Gasteiger charge is 2.50. The van der Waals surface area contributed by atoms with Gasteiger partial charge in [-0.05, 0) is 58.9 Å². The highest BCUT2D eigenvalue weighted by molar-refractivity contribution is 6.70. The standard InChI is InChI=1S/C17H36N4O5Si3/c1-27(2,3)23-10-12-13(25-28(4,5)6)14(26-29(7,8)9)15(24-12)21-11-19-16(18)20-17(21)22/h11-15H,10H2,1-9H3,(H2,18,20,22)/t12-,13+,14-,15-/m1/s1. The van der Waals surface area contributed by atoms with E-state index in [-0.39, 0.29) is 18.2 Å². The van der Waals surface area contributed by atoms with Crippen molar-refractivity contribution in [3.8, 4) is 0 Å². The van der Waals surface area contributed by atoms with Crippen LogP contribution in [0, 0.1) is 0 Å². The maximum Gasteiger partial charge on any atom is 0.354 e. The molecule has 0 spiro atoms. The molecule has 0 bridgehead atoms. The average Bonchev–Trinajstić information content (AvgIpc) is 2.79. The van der Waals surface area contributed by atoms with Gasteiger partial charge in [-0.2, -0.15) is 4.98 Å². The molecule has 0 amide bonds. The number of rotatable bonds is 8. The van der Waals surface area contributed by atoms with Gasteiger partial charge in [0.2, 0.25) is 5.95 Å². The number of nitrogen functional groups attached to an aromatic ring is 1. The molecule has 12 heteroatoms. The number of aromatic nitrogens is 3. The largest absolute Gasteiger partial charge is 0.415 e. The molecule has 0 aliphatic carbocycles. The fourth-order valence-corrected chi connectivity index (χ4v) is 5.85. The van der Waals surface area contributed by atoms with E-state index in [9.17, 15) is 4.79 Å². The van der Waals surface area contributed by atoms with Crippen LogP contribution in [0.4, 0.5) is 5.95 Å². The number of nitrogens with two attached hydrogens (primary N) is 1. The second-order valence-corrected chi connectivity index (χ2v) is 23.7. The molecule has 9 nitrogen and oxygen atoms in total. The third-order valence-electron chi connectivity index (χ3n) is 3.97. The SMILES string of the molecule is C[Si](C)(C)OC[C@H]1O[C@@H](n2cnc(N)nc2=O)[C@H](O[Si](C)(C)C)[C@H]1O[Si](C)(C)C. The lowest BCUT2D eigenvalue weighted by Gasteiger charge is -2.34. The van der Waals surface area contributed by atoms with Crippen LogP contribution in [0.5, 0.6) is 0 Å². The summed E-state index contributed by atoms with van der Waals surface area (Å²) in [5.74, 6) is -0.0690. The second kappa shape index (κ2) is 8.69. The van der Waals surface area contributed by atoms with Crippen LogP contribution in [-0.2, 0) is 18.0 Å². The van der Waals surface area contributed by atoms with Crippen molar-refractivity contribution in [1.29, 1.82) is 0 Å². The lowest BCUT2D eigenvalue weighted by molar-refractivity contribution is -0.0501. The van der Waals surface area contributed by atoms with Crippen LogP contribution < -0.4 is 11.4 Å². The van der Waals surface area contributed by atoms with E-state index < -0.39 is 43.0 Å². The first-order chi connectivity index (χ1) is 13.1. The highest BCUT2D eigenvalue weighted by atomic mass is 28.4. The van der Waals surface area contributed by atoms with E-state index >= 15 is 0 Å². The molecule has 1 aromatic rings. The second-order valence-electron chi connectivity index (χ2n) is 10.3. The van der Waals surface area contributed by atoms with Crippen molar-refractivity contribution in [2.75, 3.05) is 12.3 Å². The van der Waals surface area contributed by atoms with Crippen LogP contribution in [-0.4, -0.2) is 64.4 Å². The Morgan fingerprint density at radius 3 is 2.03 bits per heavy atom. The van der Waals surface area contributed by atoms with E-state index in [2.05, 4.69) is 68.9 Å². The van der Waals surface area contributed by atoms with Crippen LogP contribution in [0.1, 0.15) is 6.23 Å². The molecule has 0 saturated carbocycles. The summed E-state index contributed by atoms with van der Waals surface area (Å²) in [7, 11) is -5.69. The first-order valence-corrected chi connectivity index (χ1v) is 20.1. The molecule has 0 unspecified atom stereocenters. The summed E-state index contributed by atoms with van der Waals surface area (Å²) in [5.41, 5.74) is 5.04. The summed E-state index contributed by atoms with van der Waals surface area (Å²) in [6, 6.07) is 0. The normalized spacial score (nSPS) is 26.1. The van der Waals surface area contributed by atoms with E-state index in [1.165, 1.54) is 10.9 Å². The molecule has 1 fully saturated rings. The van der Waals surface area contributed by atoms with Gasteiger partial charge in [-0.15, -0.1) is 0 Å². The van der Waals surface area contributed by atoms with Crippen molar-refractivity contribution < 1.29 is 18.0 Å². The molecule has 2 N–H and O–H groups in total. The van der Waals surface area contributed by atoms with Gasteiger partial charge in [0.05, 0.1) is 6.61 Å². The topological polar surface area (TPSA) is 111 Å². The van der Waals surface area contributed by atoms with Crippen molar-refractivity contribution in [2.45, 2.75) is 83.5 Å². The van der Waals surface area contributed by atoms with Crippen molar-refractivity contribution in [2.24, 2.45) is 0 Å². The van der Waals surface area contributed by atoms with Gasteiger partial charge in [0, 0.05) is 0 Å². The zero-order chi connectivity index (χ0) is 22.2. The Morgan fingerprint density at radius 1 is 1.00 bits per heavy atom. The number of anilines is 1. The van der Waals surface area contributed by atoms with E-state index in [0.717, 1.165) is 0 Å². The minimum Gasteiger partial charge on any atom is -0.415 e. The Labute approximate surface area is 176 Å². The maximum atomic E-state index is 12.5. The third kappa shape index (κ3) is 7.38. The molecule has 166 valence electrons. The number of hydrogen-bond donors (Lipinski definition) is 1. The molecule has 1 aliphatic rings. The molecule has 1 aromatic heterocycles. The fraction of sp³-hybridized carbons (Fsp3) is 0.824. The predicted molar refractivity (Wildman–Crippen MR) is 120 cm³/mol. The van der Waals surface area contributed by atoms with E-state index in [0.29, 0.717) is 6.61 Å². The maximum absolute atomic E-state index is 12.5. The molecule has 1 saturated heterocycles. The molecule has 0 radical (unpaired) electrons. The van der Waals surface area contributed by atoms with Crippen molar-refractivity contribution in [3.05, 3.63) is 16.8 Å². The Morgan fingerprint density at radius 2 is 1.55 bits per heavy atom. The Balaban J connectivity index is 2.45.